The molecule has 1 aliphatic heterocycles. The van der Waals surface area contributed by atoms with Crippen LogP contribution in [0.1, 0.15) is 37.1 Å². The number of nitrogens with one attached hydrogen (secondary N) is 2. The molecule has 3 aromatic rings. The summed E-state index contributed by atoms with van der Waals surface area (Å²) < 4.78 is 15.2. The van der Waals surface area contributed by atoms with Crippen molar-refractivity contribution in [1.82, 2.24) is 25.2 Å². The Morgan fingerprint density at radius 2 is 1.90 bits per heavy atom. The normalized spacial score (nSPS) is 20.9. The van der Waals surface area contributed by atoms with E-state index in [2.05, 4.69) is 42.0 Å². The van der Waals surface area contributed by atoms with Crippen LogP contribution in [0.3, 0.4) is 0 Å². The van der Waals surface area contributed by atoms with Crippen molar-refractivity contribution < 1.29 is 28.5 Å². The van der Waals surface area contributed by atoms with Crippen LogP contribution in [0.25, 0.3) is 17.3 Å². The van der Waals surface area contributed by atoms with Crippen LogP contribution in [0.5, 0.6) is 0 Å². The summed E-state index contributed by atoms with van der Waals surface area (Å²) in [7, 11) is -4.82. The van der Waals surface area contributed by atoms with Crippen molar-refractivity contribution in [3.8, 4) is 11.3 Å². The topological polar surface area (TPSA) is 167 Å². The maximum absolute atomic E-state index is 12.5. The first-order valence-electron chi connectivity index (χ1n) is 12.5. The molecule has 3 aromatic heterocycles. The van der Waals surface area contributed by atoms with Crippen LogP contribution in [0, 0.1) is 0 Å². The number of phosphoric ester groups is 1. The quantitative estimate of drug-likeness (QED) is 0.193. The Morgan fingerprint density at radius 1 is 1.10 bits per heavy atom. The van der Waals surface area contributed by atoms with Gasteiger partial charge in [0.25, 0.3) is 11.1 Å². The molecule has 0 radical (unpaired) electrons. The van der Waals surface area contributed by atoms with Gasteiger partial charge >= 0.3 is 7.82 Å². The average molecular weight is 603 g/mol. The Morgan fingerprint density at radius 3 is 2.65 bits per heavy atom. The number of hydrogen-bond acceptors (Lipinski definition) is 11. The van der Waals surface area contributed by atoms with Crippen molar-refractivity contribution in [1.29, 1.82) is 0 Å². The van der Waals surface area contributed by atoms with Crippen LogP contribution in [0.15, 0.2) is 52.2 Å². The summed E-state index contributed by atoms with van der Waals surface area (Å²) in [5, 5.41) is 10.5. The molecule has 5 rings (SSSR count). The fourth-order valence-corrected chi connectivity index (χ4v) is 6.15. The highest BCUT2D eigenvalue weighted by molar-refractivity contribution is 8.18. The summed E-state index contributed by atoms with van der Waals surface area (Å²) >= 11 is 2.31. The number of phosphoric acid groups is 1. The second-order valence-corrected chi connectivity index (χ2v) is 12.3. The third-order valence-corrected chi connectivity index (χ3v) is 8.48. The van der Waals surface area contributed by atoms with E-state index in [1.807, 2.05) is 18.2 Å². The molecule has 210 valence electrons. The van der Waals surface area contributed by atoms with E-state index >= 15 is 0 Å². The molecule has 4 N–H and O–H groups in total. The molecule has 12 nitrogen and oxygen atoms in total. The fourth-order valence-electron chi connectivity index (χ4n) is 4.42. The minimum absolute atomic E-state index is 0.0749. The number of imide groups is 1. The van der Waals surface area contributed by atoms with E-state index in [4.69, 9.17) is 14.8 Å². The Labute approximate surface area is 238 Å². The minimum atomic E-state index is -4.82. The van der Waals surface area contributed by atoms with Crippen molar-refractivity contribution in [2.75, 3.05) is 12.0 Å². The van der Waals surface area contributed by atoms with Gasteiger partial charge in [-0.2, -0.15) is 11.3 Å². The number of carbonyl (C=O) groups excluding carboxylic acids is 2. The first-order valence-corrected chi connectivity index (χ1v) is 15.8. The zero-order valence-electron chi connectivity index (χ0n) is 21.2. The smallest absolute Gasteiger partial charge is 0.351 e. The number of thioether (sulfide) groups is 1. The van der Waals surface area contributed by atoms with Gasteiger partial charge < -0.3 is 20.4 Å². The Balaban J connectivity index is 1.11. The van der Waals surface area contributed by atoms with Gasteiger partial charge in [0.2, 0.25) is 5.95 Å². The van der Waals surface area contributed by atoms with E-state index in [9.17, 15) is 14.2 Å². The van der Waals surface area contributed by atoms with Gasteiger partial charge in [-0.25, -0.2) is 19.4 Å². The van der Waals surface area contributed by atoms with Crippen LogP contribution >= 0.6 is 30.9 Å². The first kappa shape index (κ1) is 28.6. The average Bonchev–Trinajstić information content (AvgIpc) is 3.56. The zero-order valence-corrected chi connectivity index (χ0v) is 23.7. The molecule has 1 saturated heterocycles. The molecule has 2 fully saturated rings. The fraction of sp³-hybridized carbons (Fsp3) is 0.320. The van der Waals surface area contributed by atoms with Crippen LogP contribution in [-0.2, 0) is 20.4 Å². The second-order valence-electron chi connectivity index (χ2n) is 9.26. The van der Waals surface area contributed by atoms with Crippen LogP contribution in [-0.4, -0.2) is 59.6 Å². The lowest BCUT2D eigenvalue weighted by Gasteiger charge is -2.29. The lowest BCUT2D eigenvalue weighted by Crippen LogP contribution is -2.37. The van der Waals surface area contributed by atoms with Gasteiger partial charge in [-0.1, -0.05) is 6.07 Å². The maximum Gasteiger partial charge on any atom is 0.471 e. The number of aromatic nitrogens is 3. The molecule has 1 saturated carbocycles. The summed E-state index contributed by atoms with van der Waals surface area (Å²) in [5.41, 5.74) is 3.56. The Kier molecular flexibility index (Phi) is 9.06. The van der Waals surface area contributed by atoms with E-state index in [1.165, 1.54) is 6.08 Å². The lowest BCUT2D eigenvalue weighted by molar-refractivity contribution is -0.124. The first-order chi connectivity index (χ1) is 19.2. The molecule has 2 aliphatic rings. The van der Waals surface area contributed by atoms with Crippen molar-refractivity contribution in [3.63, 3.8) is 0 Å². The molecule has 40 heavy (non-hydrogen) atoms. The predicted molar refractivity (Wildman–Crippen MR) is 152 cm³/mol. The van der Waals surface area contributed by atoms with Crippen LogP contribution < -0.4 is 10.6 Å². The van der Waals surface area contributed by atoms with Crippen molar-refractivity contribution in [2.45, 2.75) is 44.3 Å². The number of anilines is 1. The summed E-state index contributed by atoms with van der Waals surface area (Å²) in [6.45, 7) is -0.124. The molecule has 1 aliphatic carbocycles. The van der Waals surface area contributed by atoms with Crippen LogP contribution in [0.2, 0.25) is 0 Å². The molecule has 0 spiro atoms. The number of hydrogen-bond donors (Lipinski definition) is 4. The zero-order chi connectivity index (χ0) is 28.1. The summed E-state index contributed by atoms with van der Waals surface area (Å²) in [6, 6.07) is 10.4. The number of thiophene rings is 1. The van der Waals surface area contributed by atoms with Crippen LogP contribution in [0.4, 0.5) is 10.7 Å². The Bertz CT molecular complexity index is 1440. The van der Waals surface area contributed by atoms with E-state index in [-0.39, 0.29) is 10.9 Å². The lowest BCUT2D eigenvalue weighted by atomic mass is 9.91. The van der Waals surface area contributed by atoms with E-state index in [1.54, 1.807) is 23.6 Å². The monoisotopic (exact) mass is 602 g/mol. The third kappa shape index (κ3) is 7.61. The van der Waals surface area contributed by atoms with Gasteiger partial charge in [-0.15, -0.1) is 0 Å². The molecular formula is C25H27N6O6PS2. The number of amides is 2. The van der Waals surface area contributed by atoms with E-state index in [0.717, 1.165) is 42.6 Å². The van der Waals surface area contributed by atoms with Crippen molar-refractivity contribution in [3.05, 3.63) is 63.6 Å². The number of rotatable bonds is 10. The summed E-state index contributed by atoms with van der Waals surface area (Å²) in [6.07, 6.45) is 6.86. The van der Waals surface area contributed by atoms with Gasteiger partial charge in [0.1, 0.15) is 6.73 Å². The molecule has 0 bridgehead atoms. The standard InChI is InChI=1S/C25H27N6O6PS2/c32-23-22(40-25(33)31(23)15-37-38(34,35)36)12-19-8-10-26-24(30-19)29-18-6-4-17(5-7-18)27-13-20-2-1-3-21(28-20)16-9-11-39-14-16/h1-3,8-12,14,17-18,27H,4-7,13,15H2,(H,26,29,30)(H2,34,35,36)/b22-12+. The highest BCUT2D eigenvalue weighted by Gasteiger charge is 2.36. The number of nitrogens with zero attached hydrogens (tertiary/aromatic N) is 4. The highest BCUT2D eigenvalue weighted by atomic mass is 32.2. The van der Waals surface area contributed by atoms with Gasteiger partial charge in [-0.05, 0) is 73.2 Å². The second kappa shape index (κ2) is 12.7. The van der Waals surface area contributed by atoms with Gasteiger partial charge in [0.15, 0.2) is 0 Å². The molecule has 0 aromatic carbocycles. The van der Waals surface area contributed by atoms with E-state index in [0.29, 0.717) is 40.9 Å². The van der Waals surface area contributed by atoms with Crippen molar-refractivity contribution >= 4 is 54.1 Å². The molecule has 2 amide bonds. The minimum Gasteiger partial charge on any atom is -0.351 e. The van der Waals surface area contributed by atoms with Gasteiger partial charge in [0, 0.05) is 35.8 Å². The molecule has 0 unspecified atom stereocenters. The molecular weight excluding hydrogens is 575 g/mol. The molecule has 4 heterocycles. The maximum atomic E-state index is 12.5. The van der Waals surface area contributed by atoms with E-state index < -0.39 is 25.7 Å². The molecule has 0 atom stereocenters. The Hall–Kier alpha value is -2.97. The number of carbonyl (C=O) groups is 2. The van der Waals surface area contributed by atoms with Crippen molar-refractivity contribution in [2.24, 2.45) is 0 Å². The number of pyridine rings is 1. The van der Waals surface area contributed by atoms with Gasteiger partial charge in [-0.3, -0.25) is 19.1 Å². The molecule has 15 heteroatoms. The summed E-state index contributed by atoms with van der Waals surface area (Å²) in [4.78, 5) is 56.5. The highest BCUT2D eigenvalue weighted by Crippen LogP contribution is 2.38. The third-order valence-electron chi connectivity index (χ3n) is 6.44. The largest absolute Gasteiger partial charge is 0.471 e. The SMILES string of the molecule is O=C1S/C(=C/c2ccnc(NC3CCC(NCc4cccc(-c5ccsc5)n4)CC3)n2)C(=O)N1COP(=O)(O)O. The predicted octanol–water partition coefficient (Wildman–Crippen LogP) is 4.22. The van der Waals surface area contributed by atoms with Gasteiger partial charge in [0.05, 0.1) is 22.0 Å². The summed E-state index contributed by atoms with van der Waals surface area (Å²) in [5.74, 6) is -0.292.